The largest absolute Gasteiger partial charge is 0.497 e. The van der Waals surface area contributed by atoms with E-state index < -0.39 is 0 Å². The molecule has 5 heteroatoms. The SMILES string of the molecule is COc1cccc(/C=C/c2cc3c(nn2)Oc2ccccc2O3)c1. The van der Waals surface area contributed by atoms with E-state index in [1.54, 1.807) is 13.2 Å². The number of hydrogen-bond donors (Lipinski definition) is 0. The van der Waals surface area contributed by atoms with Gasteiger partial charge in [-0.2, -0.15) is 0 Å². The number of methoxy groups -OCH3 is 1. The highest BCUT2D eigenvalue weighted by Crippen LogP contribution is 2.43. The molecule has 0 amide bonds. The van der Waals surface area contributed by atoms with Crippen molar-refractivity contribution in [3.63, 3.8) is 0 Å². The molecule has 0 atom stereocenters. The first-order valence-electron chi connectivity index (χ1n) is 7.46. The second kappa shape index (κ2) is 6.04. The fourth-order valence-electron chi connectivity index (χ4n) is 2.37. The summed E-state index contributed by atoms with van der Waals surface area (Å²) in [5.41, 5.74) is 1.69. The average Bonchev–Trinajstić information content (AvgIpc) is 2.64. The van der Waals surface area contributed by atoms with Gasteiger partial charge in [-0.3, -0.25) is 0 Å². The van der Waals surface area contributed by atoms with E-state index in [1.807, 2.05) is 60.7 Å². The molecule has 0 radical (unpaired) electrons. The lowest BCUT2D eigenvalue weighted by molar-refractivity contribution is 0.343. The van der Waals surface area contributed by atoms with Crippen molar-refractivity contribution in [1.82, 2.24) is 10.2 Å². The lowest BCUT2D eigenvalue weighted by atomic mass is 10.2. The minimum Gasteiger partial charge on any atom is -0.497 e. The van der Waals surface area contributed by atoms with Gasteiger partial charge in [0.05, 0.1) is 12.8 Å². The summed E-state index contributed by atoms with van der Waals surface area (Å²) in [6, 6.07) is 17.0. The maximum atomic E-state index is 5.83. The molecule has 2 aromatic carbocycles. The van der Waals surface area contributed by atoms with Crippen LogP contribution in [0.15, 0.2) is 54.6 Å². The quantitative estimate of drug-likeness (QED) is 0.554. The number of nitrogens with zero attached hydrogens (tertiary/aromatic N) is 2. The molecule has 1 aliphatic rings. The van der Waals surface area contributed by atoms with Crippen LogP contribution in [0.2, 0.25) is 0 Å². The van der Waals surface area contributed by atoms with E-state index in [-0.39, 0.29) is 0 Å². The Morgan fingerprint density at radius 1 is 0.833 bits per heavy atom. The van der Waals surface area contributed by atoms with Crippen LogP contribution in [0.3, 0.4) is 0 Å². The van der Waals surface area contributed by atoms with Crippen LogP contribution in [0, 0.1) is 0 Å². The molecule has 5 nitrogen and oxygen atoms in total. The molecule has 1 aliphatic heterocycles. The second-order valence-electron chi connectivity index (χ2n) is 5.20. The standard InChI is InChI=1S/C19H14N2O3/c1-22-15-6-4-5-13(11-15)9-10-14-12-18-19(21-20-14)24-17-8-3-2-7-16(17)23-18/h2-12H,1H3/b10-9+. The average molecular weight is 318 g/mol. The van der Waals surface area contributed by atoms with Crippen LogP contribution >= 0.6 is 0 Å². The molecule has 0 unspecified atom stereocenters. The predicted molar refractivity (Wildman–Crippen MR) is 90.5 cm³/mol. The van der Waals surface area contributed by atoms with Gasteiger partial charge < -0.3 is 14.2 Å². The molecule has 0 fully saturated rings. The molecule has 0 bridgehead atoms. The van der Waals surface area contributed by atoms with Crippen LogP contribution in [-0.4, -0.2) is 17.3 Å². The number of fused-ring (bicyclic) bond motifs is 2. The number of aromatic nitrogens is 2. The van der Waals surface area contributed by atoms with Crippen molar-refractivity contribution in [2.24, 2.45) is 0 Å². The number of rotatable bonds is 3. The highest BCUT2D eigenvalue weighted by Gasteiger charge is 2.20. The predicted octanol–water partition coefficient (Wildman–Crippen LogP) is 4.55. The molecular formula is C19H14N2O3. The molecule has 0 aliphatic carbocycles. The van der Waals surface area contributed by atoms with Gasteiger partial charge in [-0.25, -0.2) is 0 Å². The Hall–Kier alpha value is -3.34. The van der Waals surface area contributed by atoms with Gasteiger partial charge in [0.15, 0.2) is 17.2 Å². The van der Waals surface area contributed by atoms with Crippen LogP contribution < -0.4 is 14.2 Å². The summed E-state index contributed by atoms with van der Waals surface area (Å²) in [7, 11) is 1.65. The summed E-state index contributed by atoms with van der Waals surface area (Å²) in [6.07, 6.45) is 3.81. The van der Waals surface area contributed by atoms with Crippen molar-refractivity contribution in [2.75, 3.05) is 7.11 Å². The highest BCUT2D eigenvalue weighted by molar-refractivity contribution is 5.69. The third-order valence-electron chi connectivity index (χ3n) is 3.56. The first kappa shape index (κ1) is 14.3. The number of ether oxygens (including phenoxy) is 3. The number of hydrogen-bond acceptors (Lipinski definition) is 5. The van der Waals surface area contributed by atoms with Gasteiger partial charge >= 0.3 is 0 Å². The zero-order chi connectivity index (χ0) is 16.4. The molecule has 0 saturated carbocycles. The minimum absolute atomic E-state index is 0.368. The van der Waals surface area contributed by atoms with Gasteiger partial charge in [-0.1, -0.05) is 30.3 Å². The zero-order valence-electron chi connectivity index (χ0n) is 13.0. The summed E-state index contributed by atoms with van der Waals surface area (Å²) in [5, 5.41) is 8.24. The molecular weight excluding hydrogens is 304 g/mol. The van der Waals surface area contributed by atoms with Crippen LogP contribution in [0.5, 0.6) is 28.9 Å². The molecule has 4 rings (SSSR count). The van der Waals surface area contributed by atoms with E-state index in [4.69, 9.17) is 14.2 Å². The van der Waals surface area contributed by atoms with E-state index >= 15 is 0 Å². The minimum atomic E-state index is 0.368. The Morgan fingerprint density at radius 2 is 1.67 bits per heavy atom. The molecule has 24 heavy (non-hydrogen) atoms. The van der Waals surface area contributed by atoms with Gasteiger partial charge in [0.2, 0.25) is 0 Å². The Morgan fingerprint density at radius 3 is 2.50 bits per heavy atom. The van der Waals surface area contributed by atoms with Crippen molar-refractivity contribution in [3.05, 3.63) is 65.9 Å². The van der Waals surface area contributed by atoms with Crippen LogP contribution in [0.25, 0.3) is 12.2 Å². The molecule has 1 aromatic heterocycles. The third kappa shape index (κ3) is 2.79. The Bertz CT molecular complexity index is 922. The van der Waals surface area contributed by atoms with Gasteiger partial charge in [0.25, 0.3) is 5.88 Å². The summed E-state index contributed by atoms with van der Waals surface area (Å²) in [6.45, 7) is 0. The zero-order valence-corrected chi connectivity index (χ0v) is 13.0. The maximum absolute atomic E-state index is 5.83. The van der Waals surface area contributed by atoms with Crippen molar-refractivity contribution in [1.29, 1.82) is 0 Å². The summed E-state index contributed by atoms with van der Waals surface area (Å²) in [4.78, 5) is 0. The van der Waals surface area contributed by atoms with Crippen LogP contribution in [-0.2, 0) is 0 Å². The van der Waals surface area contributed by atoms with E-state index in [0.29, 0.717) is 28.8 Å². The highest BCUT2D eigenvalue weighted by atomic mass is 16.6. The smallest absolute Gasteiger partial charge is 0.282 e. The van der Waals surface area contributed by atoms with Crippen LogP contribution in [0.1, 0.15) is 11.3 Å². The van der Waals surface area contributed by atoms with Crippen molar-refractivity contribution in [2.45, 2.75) is 0 Å². The molecule has 2 heterocycles. The third-order valence-corrected chi connectivity index (χ3v) is 3.56. The second-order valence-corrected chi connectivity index (χ2v) is 5.20. The van der Waals surface area contributed by atoms with Crippen molar-refractivity contribution >= 4 is 12.2 Å². The topological polar surface area (TPSA) is 53.5 Å². The Balaban J connectivity index is 1.59. The first-order valence-corrected chi connectivity index (χ1v) is 7.46. The molecule has 3 aromatic rings. The van der Waals surface area contributed by atoms with Gasteiger partial charge in [-0.05, 0) is 35.9 Å². The lowest BCUT2D eigenvalue weighted by Gasteiger charge is -2.18. The first-order chi connectivity index (χ1) is 11.8. The summed E-state index contributed by atoms with van der Waals surface area (Å²) in [5.74, 6) is 3.03. The van der Waals surface area contributed by atoms with E-state index in [0.717, 1.165) is 11.3 Å². The van der Waals surface area contributed by atoms with Crippen molar-refractivity contribution < 1.29 is 14.2 Å². The van der Waals surface area contributed by atoms with E-state index in [9.17, 15) is 0 Å². The maximum Gasteiger partial charge on any atom is 0.282 e. The van der Waals surface area contributed by atoms with Gasteiger partial charge in [-0.15, -0.1) is 10.2 Å². The molecule has 118 valence electrons. The van der Waals surface area contributed by atoms with E-state index in [2.05, 4.69) is 10.2 Å². The Kier molecular flexibility index (Phi) is 3.59. The lowest BCUT2D eigenvalue weighted by Crippen LogP contribution is -2.02. The van der Waals surface area contributed by atoms with E-state index in [1.165, 1.54) is 0 Å². The normalized spacial score (nSPS) is 12.0. The Labute approximate surface area is 139 Å². The fourth-order valence-corrected chi connectivity index (χ4v) is 2.37. The molecule has 0 spiro atoms. The fraction of sp³-hybridized carbons (Fsp3) is 0.0526. The molecule has 0 saturated heterocycles. The van der Waals surface area contributed by atoms with Gasteiger partial charge in [0, 0.05) is 6.07 Å². The molecule has 0 N–H and O–H groups in total. The summed E-state index contributed by atoms with van der Waals surface area (Å²) < 4.78 is 16.7. The monoisotopic (exact) mass is 318 g/mol. The number of para-hydroxylation sites is 2. The summed E-state index contributed by atoms with van der Waals surface area (Å²) >= 11 is 0. The van der Waals surface area contributed by atoms with Crippen molar-refractivity contribution in [3.8, 4) is 28.9 Å². The van der Waals surface area contributed by atoms with Gasteiger partial charge in [0.1, 0.15) is 5.75 Å². The van der Waals surface area contributed by atoms with Crippen LogP contribution in [0.4, 0.5) is 0 Å². The number of benzene rings is 2.